The fourth-order valence-corrected chi connectivity index (χ4v) is 3.22. The van der Waals surface area contributed by atoms with E-state index in [0.717, 1.165) is 0 Å². The number of anilines is 1. The Bertz CT molecular complexity index is 787. The molecule has 0 spiro atoms. The molecule has 0 radical (unpaired) electrons. The molecule has 5 nitrogen and oxygen atoms in total. The van der Waals surface area contributed by atoms with E-state index >= 15 is 0 Å². The van der Waals surface area contributed by atoms with Crippen LogP contribution in [-0.4, -0.2) is 37.8 Å². The largest absolute Gasteiger partial charge is 0.383 e. The van der Waals surface area contributed by atoms with Gasteiger partial charge in [-0.15, -0.1) is 11.8 Å². The number of carbonyl (C=O) groups is 2. The summed E-state index contributed by atoms with van der Waals surface area (Å²) in [5.41, 5.74) is 1.02. The number of thioether (sulfide) groups is 1. The minimum atomic E-state index is -0.286. The zero-order valence-electron chi connectivity index (χ0n) is 14.1. The quantitative estimate of drug-likeness (QED) is 0.505. The van der Waals surface area contributed by atoms with E-state index in [-0.39, 0.29) is 17.6 Å². The maximum Gasteiger partial charge on any atom is 0.256 e. The monoisotopic (exact) mass is 412 g/mol. The highest BCUT2D eigenvalue weighted by Gasteiger charge is 2.13. The molecule has 0 aliphatic carbocycles. The van der Waals surface area contributed by atoms with Crippen molar-refractivity contribution in [2.45, 2.75) is 4.90 Å². The molecule has 0 aliphatic rings. The molecule has 0 unspecified atom stereocenters. The van der Waals surface area contributed by atoms with Crippen molar-refractivity contribution in [3.63, 3.8) is 0 Å². The van der Waals surface area contributed by atoms with Crippen LogP contribution in [0, 0.1) is 0 Å². The highest BCUT2D eigenvalue weighted by atomic mass is 35.5. The zero-order valence-corrected chi connectivity index (χ0v) is 16.4. The second-order valence-electron chi connectivity index (χ2n) is 5.21. The van der Waals surface area contributed by atoms with E-state index < -0.39 is 0 Å². The van der Waals surface area contributed by atoms with Gasteiger partial charge < -0.3 is 15.4 Å². The van der Waals surface area contributed by atoms with Crippen LogP contribution in [-0.2, 0) is 9.53 Å². The number of benzene rings is 2. The Labute approximate surface area is 166 Å². The van der Waals surface area contributed by atoms with Crippen molar-refractivity contribution < 1.29 is 14.3 Å². The molecule has 2 amide bonds. The van der Waals surface area contributed by atoms with Crippen molar-refractivity contribution >= 4 is 52.5 Å². The van der Waals surface area contributed by atoms with Crippen molar-refractivity contribution in [3.8, 4) is 0 Å². The van der Waals surface area contributed by atoms with Crippen molar-refractivity contribution in [3.05, 3.63) is 58.1 Å². The summed E-state index contributed by atoms with van der Waals surface area (Å²) in [6.07, 6.45) is 0. The lowest BCUT2D eigenvalue weighted by Crippen LogP contribution is -2.28. The van der Waals surface area contributed by atoms with Crippen LogP contribution < -0.4 is 10.6 Å². The minimum Gasteiger partial charge on any atom is -0.383 e. The first-order chi connectivity index (χ1) is 12.5. The zero-order chi connectivity index (χ0) is 18.9. The van der Waals surface area contributed by atoms with Crippen LogP contribution >= 0.6 is 35.0 Å². The second-order valence-corrected chi connectivity index (χ2v) is 7.04. The predicted molar refractivity (Wildman–Crippen MR) is 106 cm³/mol. The van der Waals surface area contributed by atoms with Gasteiger partial charge in [-0.3, -0.25) is 9.59 Å². The number of carbonyl (C=O) groups excluding carboxylic acids is 2. The smallest absolute Gasteiger partial charge is 0.256 e. The van der Waals surface area contributed by atoms with E-state index in [9.17, 15) is 9.59 Å². The van der Waals surface area contributed by atoms with Gasteiger partial charge in [0.1, 0.15) is 0 Å². The number of hydrogen-bond acceptors (Lipinski definition) is 4. The number of methoxy groups -OCH3 is 1. The van der Waals surface area contributed by atoms with Crippen LogP contribution in [0.1, 0.15) is 10.4 Å². The summed E-state index contributed by atoms with van der Waals surface area (Å²) in [4.78, 5) is 25.1. The van der Waals surface area contributed by atoms with Crippen LogP contribution in [0.5, 0.6) is 0 Å². The van der Waals surface area contributed by atoms with Gasteiger partial charge in [0.05, 0.1) is 28.0 Å². The highest BCUT2D eigenvalue weighted by molar-refractivity contribution is 8.00. The summed E-state index contributed by atoms with van der Waals surface area (Å²) in [6, 6.07) is 12.0. The molecular weight excluding hydrogens is 395 g/mol. The van der Waals surface area contributed by atoms with E-state index in [2.05, 4.69) is 10.6 Å². The van der Waals surface area contributed by atoms with E-state index in [0.29, 0.717) is 39.3 Å². The van der Waals surface area contributed by atoms with Gasteiger partial charge in [0.25, 0.3) is 5.91 Å². The van der Waals surface area contributed by atoms with Crippen molar-refractivity contribution in [1.82, 2.24) is 5.32 Å². The molecule has 0 aromatic heterocycles. The standard InChI is InChI=1S/C18H18Cl2N2O3S/c1-25-9-8-21-17(23)11-26-16-5-3-2-4-13(16)18(24)22-12-6-7-14(19)15(20)10-12/h2-7,10H,8-9,11H2,1H3,(H,21,23)(H,22,24). The van der Waals surface area contributed by atoms with Gasteiger partial charge in [0.15, 0.2) is 0 Å². The van der Waals surface area contributed by atoms with E-state index in [1.165, 1.54) is 11.8 Å². The lowest BCUT2D eigenvalue weighted by molar-refractivity contribution is -0.118. The molecule has 26 heavy (non-hydrogen) atoms. The third-order valence-electron chi connectivity index (χ3n) is 3.30. The average molecular weight is 413 g/mol. The molecule has 0 saturated heterocycles. The van der Waals surface area contributed by atoms with Gasteiger partial charge in [-0.2, -0.15) is 0 Å². The van der Waals surface area contributed by atoms with Gasteiger partial charge in [0, 0.05) is 24.2 Å². The fraction of sp³-hybridized carbons (Fsp3) is 0.222. The molecule has 2 aromatic rings. The van der Waals surface area contributed by atoms with Gasteiger partial charge in [0.2, 0.25) is 5.91 Å². The molecule has 0 aliphatic heterocycles. The number of rotatable bonds is 8. The molecular formula is C18H18Cl2N2O3S. The first kappa shape index (κ1) is 20.6. The summed E-state index contributed by atoms with van der Waals surface area (Å²) < 4.78 is 4.89. The molecule has 0 saturated carbocycles. The summed E-state index contributed by atoms with van der Waals surface area (Å²) in [6.45, 7) is 0.911. The van der Waals surface area contributed by atoms with Crippen LogP contribution in [0.25, 0.3) is 0 Å². The van der Waals surface area contributed by atoms with Gasteiger partial charge in [-0.1, -0.05) is 35.3 Å². The number of ether oxygens (including phenoxy) is 1. The lowest BCUT2D eigenvalue weighted by Gasteiger charge is -2.10. The molecule has 0 heterocycles. The maximum absolute atomic E-state index is 12.6. The van der Waals surface area contributed by atoms with Gasteiger partial charge >= 0.3 is 0 Å². The normalized spacial score (nSPS) is 10.4. The summed E-state index contributed by atoms with van der Waals surface area (Å²) >= 11 is 13.1. The number of halogens is 2. The van der Waals surface area contributed by atoms with Crippen LogP contribution in [0.15, 0.2) is 47.4 Å². The molecule has 0 atom stereocenters. The molecule has 0 fully saturated rings. The molecule has 138 valence electrons. The Kier molecular flexibility index (Phi) is 8.25. The van der Waals surface area contributed by atoms with Crippen LogP contribution in [0.3, 0.4) is 0 Å². The lowest BCUT2D eigenvalue weighted by atomic mass is 10.2. The Morgan fingerprint density at radius 2 is 1.88 bits per heavy atom. The van der Waals surface area contributed by atoms with Crippen LogP contribution in [0.4, 0.5) is 5.69 Å². The molecule has 0 bridgehead atoms. The Hall–Kier alpha value is -1.73. The SMILES string of the molecule is COCCNC(=O)CSc1ccccc1C(=O)Nc1ccc(Cl)c(Cl)c1. The molecule has 2 rings (SSSR count). The predicted octanol–water partition coefficient (Wildman–Crippen LogP) is 4.10. The summed E-state index contributed by atoms with van der Waals surface area (Å²) in [7, 11) is 1.57. The highest BCUT2D eigenvalue weighted by Crippen LogP contribution is 2.27. The third kappa shape index (κ3) is 6.21. The summed E-state index contributed by atoms with van der Waals surface area (Å²) in [5, 5.41) is 6.30. The minimum absolute atomic E-state index is 0.119. The average Bonchev–Trinajstić information content (AvgIpc) is 2.63. The van der Waals surface area contributed by atoms with E-state index in [1.807, 2.05) is 6.07 Å². The van der Waals surface area contributed by atoms with Crippen molar-refractivity contribution in [2.24, 2.45) is 0 Å². The molecule has 8 heteroatoms. The topological polar surface area (TPSA) is 67.4 Å². The second kappa shape index (κ2) is 10.4. The maximum atomic E-state index is 12.6. The van der Waals surface area contributed by atoms with Crippen molar-refractivity contribution in [1.29, 1.82) is 0 Å². The van der Waals surface area contributed by atoms with Gasteiger partial charge in [-0.05, 0) is 30.3 Å². The summed E-state index contributed by atoms with van der Waals surface area (Å²) in [5.74, 6) is -0.195. The van der Waals surface area contributed by atoms with E-state index in [1.54, 1.807) is 43.5 Å². The Morgan fingerprint density at radius 3 is 2.62 bits per heavy atom. The first-order valence-corrected chi connectivity index (χ1v) is 9.49. The molecule has 2 aromatic carbocycles. The fourth-order valence-electron chi connectivity index (χ4n) is 2.04. The van der Waals surface area contributed by atoms with E-state index in [4.69, 9.17) is 27.9 Å². The first-order valence-electron chi connectivity index (χ1n) is 7.75. The Morgan fingerprint density at radius 1 is 1.12 bits per heavy atom. The van der Waals surface area contributed by atoms with Gasteiger partial charge in [-0.25, -0.2) is 0 Å². The van der Waals surface area contributed by atoms with Crippen molar-refractivity contribution in [2.75, 3.05) is 31.3 Å². The number of amides is 2. The van der Waals surface area contributed by atoms with Crippen LogP contribution in [0.2, 0.25) is 10.0 Å². The Balaban J connectivity index is 2.01. The number of nitrogens with one attached hydrogen (secondary N) is 2. The molecule has 2 N–H and O–H groups in total. The number of hydrogen-bond donors (Lipinski definition) is 2. The third-order valence-corrected chi connectivity index (χ3v) is 5.11.